The van der Waals surface area contributed by atoms with E-state index in [1.54, 1.807) is 0 Å². The Morgan fingerprint density at radius 1 is 1.07 bits per heavy atom. The molecule has 0 unspecified atom stereocenters. The Balaban J connectivity index is 1.63. The van der Waals surface area contributed by atoms with Crippen molar-refractivity contribution in [2.24, 2.45) is 0 Å². The van der Waals surface area contributed by atoms with Gasteiger partial charge in [-0.1, -0.05) is 23.7 Å². The fraction of sp³-hybridized carbons (Fsp3) is 0.227. The molecule has 0 fully saturated rings. The number of thiophene rings is 1. The summed E-state index contributed by atoms with van der Waals surface area (Å²) in [6.45, 7) is -1.42. The van der Waals surface area contributed by atoms with Crippen molar-refractivity contribution in [3.8, 4) is 17.0 Å². The molecule has 0 aliphatic rings. The smallest absolute Gasteiger partial charge is 0.404 e. The first kappa shape index (κ1) is 31.4. The normalized spacial score (nSPS) is 12.7. The second-order valence-corrected chi connectivity index (χ2v) is 11.9. The highest BCUT2D eigenvalue weighted by atomic mass is 35.5. The Bertz CT molecular complexity index is 1720. The summed E-state index contributed by atoms with van der Waals surface area (Å²) in [4.78, 5) is 16.6. The summed E-state index contributed by atoms with van der Waals surface area (Å²) in [5.74, 6) is -0.582. The number of aromatic nitrogens is 3. The van der Waals surface area contributed by atoms with Crippen LogP contribution in [0.4, 0.5) is 36.8 Å². The topological polar surface area (TPSA) is 155 Å². The van der Waals surface area contributed by atoms with Crippen molar-refractivity contribution in [2.75, 3.05) is 18.5 Å². The number of alkyl halides is 6. The molecule has 42 heavy (non-hydrogen) atoms. The van der Waals surface area contributed by atoms with Gasteiger partial charge in [-0.2, -0.15) is 31.4 Å². The van der Waals surface area contributed by atoms with Crippen LogP contribution in [0.5, 0.6) is 5.75 Å². The minimum atomic E-state index is -5.00. The number of hydrogen-bond donors (Lipinski definition) is 4. The number of ether oxygens (including phenoxy) is 1. The SMILES string of the molecule is O=C(Nc1cc(S(=O)(=O)NC(CO)CO)sc1Cl)Oc1cnn2c(C(F)(F)F)cc(-c3ccc(C(F)(F)F)cc3)nc12. The molecule has 1 amide bonds. The molecule has 0 saturated carbocycles. The standard InChI is InChI=1S/C22H16ClF6N5O6S2/c23-18-14(6-17(41-18)42(38,39)33-12(8-35)9-36)32-20(37)40-15-7-30-34-16(22(27,28)29)5-13(31-19(15)34)10-1-3-11(4-2-10)21(24,25)26/h1-7,12,33,35-36H,8-9H2,(H,32,37). The number of carbonyl (C=O) groups is 1. The maximum Gasteiger partial charge on any atom is 0.433 e. The molecule has 0 saturated heterocycles. The van der Waals surface area contributed by atoms with Gasteiger partial charge in [-0.3, -0.25) is 5.32 Å². The van der Waals surface area contributed by atoms with E-state index in [0.717, 1.165) is 24.4 Å². The van der Waals surface area contributed by atoms with Crippen LogP contribution in [0.2, 0.25) is 4.34 Å². The van der Waals surface area contributed by atoms with Gasteiger partial charge in [-0.25, -0.2) is 27.4 Å². The van der Waals surface area contributed by atoms with Crippen LogP contribution < -0.4 is 14.8 Å². The fourth-order valence-electron chi connectivity index (χ4n) is 3.40. The number of aliphatic hydroxyl groups is 2. The summed E-state index contributed by atoms with van der Waals surface area (Å²) < 4.78 is 112. The first-order valence-corrected chi connectivity index (χ1v) is 13.9. The number of halogens is 7. The minimum absolute atomic E-state index is 0.107. The van der Waals surface area contributed by atoms with Crippen molar-refractivity contribution >= 4 is 50.4 Å². The van der Waals surface area contributed by atoms with Gasteiger partial charge in [0.05, 0.1) is 42.4 Å². The number of amides is 1. The highest BCUT2D eigenvalue weighted by Gasteiger charge is 2.36. The lowest BCUT2D eigenvalue weighted by atomic mass is 10.1. The third kappa shape index (κ3) is 6.76. The zero-order chi connectivity index (χ0) is 31.0. The van der Waals surface area contributed by atoms with E-state index >= 15 is 0 Å². The van der Waals surface area contributed by atoms with E-state index in [1.165, 1.54) is 0 Å². The van der Waals surface area contributed by atoms with E-state index < -0.39 is 80.3 Å². The average Bonchev–Trinajstić information content (AvgIpc) is 3.49. The quantitative estimate of drug-likeness (QED) is 0.203. The predicted octanol–water partition coefficient (Wildman–Crippen LogP) is 4.39. The zero-order valence-corrected chi connectivity index (χ0v) is 22.8. The first-order chi connectivity index (χ1) is 19.5. The Morgan fingerprint density at radius 3 is 2.29 bits per heavy atom. The van der Waals surface area contributed by atoms with Crippen molar-refractivity contribution in [1.82, 2.24) is 19.3 Å². The molecule has 0 aliphatic carbocycles. The van der Waals surface area contributed by atoms with Crippen molar-refractivity contribution in [3.63, 3.8) is 0 Å². The Hall–Kier alpha value is -3.49. The molecule has 0 bridgehead atoms. The van der Waals surface area contributed by atoms with Gasteiger partial charge in [-0.15, -0.1) is 11.3 Å². The van der Waals surface area contributed by atoms with E-state index in [9.17, 15) is 39.6 Å². The number of fused-ring (bicyclic) bond motifs is 1. The number of anilines is 1. The number of benzene rings is 1. The van der Waals surface area contributed by atoms with Gasteiger partial charge < -0.3 is 14.9 Å². The predicted molar refractivity (Wildman–Crippen MR) is 136 cm³/mol. The minimum Gasteiger partial charge on any atom is -0.404 e. The molecule has 4 aromatic rings. The Morgan fingerprint density at radius 2 is 1.71 bits per heavy atom. The maximum atomic E-state index is 13.8. The van der Waals surface area contributed by atoms with Gasteiger partial charge in [0, 0.05) is 5.56 Å². The lowest BCUT2D eigenvalue weighted by molar-refractivity contribution is -0.142. The first-order valence-electron chi connectivity index (χ1n) is 11.2. The van der Waals surface area contributed by atoms with Crippen LogP contribution in [0.1, 0.15) is 11.3 Å². The third-order valence-electron chi connectivity index (χ3n) is 5.37. The van der Waals surface area contributed by atoms with Crippen LogP contribution in [0.25, 0.3) is 16.9 Å². The monoisotopic (exact) mass is 659 g/mol. The molecule has 226 valence electrons. The summed E-state index contributed by atoms with van der Waals surface area (Å²) >= 11 is 6.51. The largest absolute Gasteiger partial charge is 0.433 e. The number of rotatable bonds is 8. The maximum absolute atomic E-state index is 13.8. The molecule has 0 aliphatic heterocycles. The molecule has 3 aromatic heterocycles. The summed E-state index contributed by atoms with van der Waals surface area (Å²) in [7, 11) is -4.28. The average molecular weight is 660 g/mol. The molecule has 1 aromatic carbocycles. The summed E-state index contributed by atoms with van der Waals surface area (Å²) in [5.41, 5.74) is -3.79. The third-order valence-corrected chi connectivity index (χ3v) is 8.72. The van der Waals surface area contributed by atoms with Crippen molar-refractivity contribution in [3.05, 3.63) is 58.2 Å². The van der Waals surface area contributed by atoms with E-state index in [1.807, 2.05) is 4.72 Å². The highest BCUT2D eigenvalue weighted by Crippen LogP contribution is 2.37. The lowest BCUT2D eigenvalue weighted by Gasteiger charge is -2.12. The fourth-order valence-corrected chi connectivity index (χ4v) is 6.28. The van der Waals surface area contributed by atoms with Crippen LogP contribution in [-0.2, 0) is 22.4 Å². The molecular formula is C22H16ClF6N5O6S2. The van der Waals surface area contributed by atoms with E-state index in [-0.39, 0.29) is 15.6 Å². The molecule has 4 N–H and O–H groups in total. The van der Waals surface area contributed by atoms with Crippen LogP contribution in [0.3, 0.4) is 0 Å². The van der Waals surface area contributed by atoms with Crippen molar-refractivity contribution < 1.29 is 54.5 Å². The molecule has 0 spiro atoms. The Labute approximate surface area is 240 Å². The van der Waals surface area contributed by atoms with Gasteiger partial charge in [-0.05, 0) is 24.3 Å². The van der Waals surface area contributed by atoms with Gasteiger partial charge >= 0.3 is 18.4 Å². The van der Waals surface area contributed by atoms with Gasteiger partial charge in [0.2, 0.25) is 0 Å². The van der Waals surface area contributed by atoms with Gasteiger partial charge in [0.25, 0.3) is 10.0 Å². The summed E-state index contributed by atoms with van der Waals surface area (Å²) in [6, 6.07) is 3.46. The number of sulfonamides is 1. The number of hydrogen-bond acceptors (Lipinski definition) is 9. The molecule has 3 heterocycles. The van der Waals surface area contributed by atoms with E-state index in [4.69, 9.17) is 26.6 Å². The second kappa shape index (κ2) is 11.7. The van der Waals surface area contributed by atoms with E-state index in [2.05, 4.69) is 15.4 Å². The van der Waals surface area contributed by atoms with Crippen LogP contribution in [0.15, 0.2) is 46.8 Å². The zero-order valence-electron chi connectivity index (χ0n) is 20.4. The molecule has 0 atom stereocenters. The molecule has 11 nitrogen and oxygen atoms in total. The number of carbonyl (C=O) groups excluding carboxylic acids is 1. The number of nitrogens with zero attached hydrogens (tertiary/aromatic N) is 3. The van der Waals surface area contributed by atoms with Gasteiger partial charge in [0.15, 0.2) is 17.1 Å². The molecule has 0 radical (unpaired) electrons. The lowest BCUT2D eigenvalue weighted by Crippen LogP contribution is -2.39. The van der Waals surface area contributed by atoms with Crippen LogP contribution >= 0.6 is 22.9 Å². The number of nitrogens with one attached hydrogen (secondary N) is 2. The summed E-state index contributed by atoms with van der Waals surface area (Å²) in [6.07, 6.45) is -10.3. The van der Waals surface area contributed by atoms with Crippen molar-refractivity contribution in [1.29, 1.82) is 0 Å². The van der Waals surface area contributed by atoms with E-state index in [0.29, 0.717) is 34.1 Å². The second-order valence-electron chi connectivity index (χ2n) is 8.29. The van der Waals surface area contributed by atoms with Crippen LogP contribution in [-0.4, -0.2) is 58.6 Å². The molecule has 4 rings (SSSR count). The van der Waals surface area contributed by atoms with Crippen molar-refractivity contribution in [2.45, 2.75) is 22.6 Å². The number of aliphatic hydroxyl groups excluding tert-OH is 2. The Kier molecular flexibility index (Phi) is 8.72. The van der Waals surface area contributed by atoms with Gasteiger partial charge in [0.1, 0.15) is 8.55 Å². The van der Waals surface area contributed by atoms with Crippen LogP contribution in [0, 0.1) is 0 Å². The molecular weight excluding hydrogens is 644 g/mol. The highest BCUT2D eigenvalue weighted by molar-refractivity contribution is 7.91. The summed E-state index contributed by atoms with van der Waals surface area (Å²) in [5, 5.41) is 23.9. The molecule has 20 heteroatoms.